The Bertz CT molecular complexity index is 490. The predicted octanol–water partition coefficient (Wildman–Crippen LogP) is 2.51. The molecule has 2 heterocycles. The van der Waals surface area contributed by atoms with Gasteiger partial charge in [0.15, 0.2) is 5.82 Å². The number of aryl methyl sites for hydroxylation is 1. The molecule has 2 aromatic rings. The molecule has 0 aliphatic carbocycles. The van der Waals surface area contributed by atoms with E-state index in [-0.39, 0.29) is 5.91 Å². The van der Waals surface area contributed by atoms with Gasteiger partial charge in [0.05, 0.1) is 0 Å². The first kappa shape index (κ1) is 10.9. The van der Waals surface area contributed by atoms with E-state index in [0.29, 0.717) is 11.5 Å². The molecule has 16 heavy (non-hydrogen) atoms. The SMILES string of the molecule is CCn1cc(Br)cc1C(=O)Nc1ccon1. The molecule has 0 atom stereocenters. The molecule has 2 rings (SSSR count). The van der Waals surface area contributed by atoms with Crippen molar-refractivity contribution < 1.29 is 9.32 Å². The fourth-order valence-corrected chi connectivity index (χ4v) is 1.85. The van der Waals surface area contributed by atoms with Crippen LogP contribution in [0, 0.1) is 0 Å². The largest absolute Gasteiger partial charge is 0.363 e. The van der Waals surface area contributed by atoms with Gasteiger partial charge in [-0.3, -0.25) is 4.79 Å². The number of carbonyl (C=O) groups excluding carboxylic acids is 1. The standard InChI is InChI=1S/C10H10BrN3O2/c1-2-14-6-7(11)5-8(14)10(15)12-9-3-4-16-13-9/h3-6H,2H2,1H3,(H,12,13,15). The summed E-state index contributed by atoms with van der Waals surface area (Å²) in [6.07, 6.45) is 3.27. The molecule has 0 aliphatic rings. The highest BCUT2D eigenvalue weighted by atomic mass is 79.9. The highest BCUT2D eigenvalue weighted by Gasteiger charge is 2.13. The maximum atomic E-state index is 11.9. The number of carbonyl (C=O) groups is 1. The summed E-state index contributed by atoms with van der Waals surface area (Å²) in [5.41, 5.74) is 0.581. The smallest absolute Gasteiger partial charge is 0.273 e. The van der Waals surface area contributed by atoms with E-state index in [2.05, 4.69) is 30.9 Å². The molecular weight excluding hydrogens is 274 g/mol. The molecule has 6 heteroatoms. The Labute approximate surface area is 101 Å². The lowest BCUT2D eigenvalue weighted by atomic mass is 10.4. The second-order valence-electron chi connectivity index (χ2n) is 3.17. The third kappa shape index (κ3) is 2.16. The van der Waals surface area contributed by atoms with Crippen molar-refractivity contribution in [3.8, 4) is 0 Å². The van der Waals surface area contributed by atoms with Crippen molar-refractivity contribution in [2.75, 3.05) is 5.32 Å². The molecule has 2 aromatic heterocycles. The normalized spacial score (nSPS) is 10.4. The second kappa shape index (κ2) is 4.52. The van der Waals surface area contributed by atoms with E-state index >= 15 is 0 Å². The maximum absolute atomic E-state index is 11.9. The minimum atomic E-state index is -0.207. The number of halogens is 1. The van der Waals surface area contributed by atoms with Gasteiger partial charge in [-0.25, -0.2) is 0 Å². The van der Waals surface area contributed by atoms with Crippen LogP contribution in [0.5, 0.6) is 0 Å². The monoisotopic (exact) mass is 283 g/mol. The van der Waals surface area contributed by atoms with Gasteiger partial charge in [-0.15, -0.1) is 0 Å². The molecule has 0 bridgehead atoms. The average molecular weight is 284 g/mol. The molecule has 0 aromatic carbocycles. The minimum absolute atomic E-state index is 0.207. The first-order valence-electron chi connectivity index (χ1n) is 4.78. The van der Waals surface area contributed by atoms with Crippen LogP contribution in [0.2, 0.25) is 0 Å². The minimum Gasteiger partial charge on any atom is -0.363 e. The van der Waals surface area contributed by atoms with Crippen LogP contribution < -0.4 is 5.32 Å². The molecule has 0 saturated carbocycles. The number of rotatable bonds is 3. The highest BCUT2D eigenvalue weighted by molar-refractivity contribution is 9.10. The van der Waals surface area contributed by atoms with E-state index in [0.717, 1.165) is 11.0 Å². The summed E-state index contributed by atoms with van der Waals surface area (Å²) in [7, 11) is 0. The van der Waals surface area contributed by atoms with E-state index in [1.54, 1.807) is 12.1 Å². The lowest BCUT2D eigenvalue weighted by molar-refractivity contribution is 0.101. The Balaban J connectivity index is 2.20. The van der Waals surface area contributed by atoms with Crippen molar-refractivity contribution in [1.82, 2.24) is 9.72 Å². The van der Waals surface area contributed by atoms with Gasteiger partial charge >= 0.3 is 0 Å². The lowest BCUT2D eigenvalue weighted by Crippen LogP contribution is -2.16. The molecular formula is C10H10BrN3O2. The number of nitrogens with one attached hydrogen (secondary N) is 1. The number of hydrogen-bond donors (Lipinski definition) is 1. The quantitative estimate of drug-likeness (QED) is 0.942. The average Bonchev–Trinajstić information content (AvgIpc) is 2.86. The van der Waals surface area contributed by atoms with Gasteiger partial charge in [0, 0.05) is 23.3 Å². The van der Waals surface area contributed by atoms with Crippen molar-refractivity contribution >= 4 is 27.7 Å². The summed E-state index contributed by atoms with van der Waals surface area (Å²) < 4.78 is 7.35. The maximum Gasteiger partial charge on any atom is 0.273 e. The van der Waals surface area contributed by atoms with E-state index in [9.17, 15) is 4.79 Å². The third-order valence-electron chi connectivity index (χ3n) is 2.12. The van der Waals surface area contributed by atoms with Crippen LogP contribution >= 0.6 is 15.9 Å². The first-order chi connectivity index (χ1) is 7.70. The fourth-order valence-electron chi connectivity index (χ4n) is 1.38. The van der Waals surface area contributed by atoms with Gasteiger partial charge < -0.3 is 14.4 Å². The van der Waals surface area contributed by atoms with E-state index in [1.165, 1.54) is 6.26 Å². The van der Waals surface area contributed by atoms with Gasteiger partial charge in [0.25, 0.3) is 5.91 Å². The van der Waals surface area contributed by atoms with E-state index in [4.69, 9.17) is 0 Å². The summed E-state index contributed by atoms with van der Waals surface area (Å²) in [6, 6.07) is 3.35. The molecule has 1 N–H and O–H groups in total. The zero-order valence-electron chi connectivity index (χ0n) is 8.61. The van der Waals surface area contributed by atoms with Crippen LogP contribution in [-0.4, -0.2) is 15.6 Å². The Morgan fingerprint density at radius 3 is 3.12 bits per heavy atom. The molecule has 0 fully saturated rings. The van der Waals surface area contributed by atoms with Gasteiger partial charge in [0.2, 0.25) is 0 Å². The zero-order chi connectivity index (χ0) is 11.5. The number of aromatic nitrogens is 2. The van der Waals surface area contributed by atoms with Gasteiger partial charge in [-0.2, -0.15) is 0 Å². The van der Waals surface area contributed by atoms with Crippen molar-refractivity contribution in [1.29, 1.82) is 0 Å². The predicted molar refractivity (Wildman–Crippen MR) is 62.3 cm³/mol. The number of hydrogen-bond acceptors (Lipinski definition) is 3. The summed E-state index contributed by atoms with van der Waals surface area (Å²) in [5, 5.41) is 6.26. The van der Waals surface area contributed by atoms with Crippen LogP contribution in [0.25, 0.3) is 0 Å². The fraction of sp³-hybridized carbons (Fsp3) is 0.200. The van der Waals surface area contributed by atoms with E-state index < -0.39 is 0 Å². The Morgan fingerprint density at radius 2 is 2.50 bits per heavy atom. The van der Waals surface area contributed by atoms with Crippen molar-refractivity contribution in [2.24, 2.45) is 0 Å². The van der Waals surface area contributed by atoms with Crippen LogP contribution in [-0.2, 0) is 6.54 Å². The van der Waals surface area contributed by atoms with Crippen LogP contribution in [0.1, 0.15) is 17.4 Å². The highest BCUT2D eigenvalue weighted by Crippen LogP contribution is 2.16. The number of nitrogens with zero attached hydrogens (tertiary/aromatic N) is 2. The first-order valence-corrected chi connectivity index (χ1v) is 5.57. The molecule has 1 amide bonds. The summed E-state index contributed by atoms with van der Waals surface area (Å²) in [5.74, 6) is 0.200. The van der Waals surface area contributed by atoms with Crippen molar-refractivity contribution in [3.05, 3.63) is 34.8 Å². The Morgan fingerprint density at radius 1 is 1.69 bits per heavy atom. The van der Waals surface area contributed by atoms with Crippen LogP contribution in [0.15, 0.2) is 33.6 Å². The number of anilines is 1. The molecule has 84 valence electrons. The molecule has 0 radical (unpaired) electrons. The van der Waals surface area contributed by atoms with Crippen LogP contribution in [0.4, 0.5) is 5.82 Å². The van der Waals surface area contributed by atoms with Crippen LogP contribution in [0.3, 0.4) is 0 Å². The molecule has 5 nitrogen and oxygen atoms in total. The Hall–Kier alpha value is -1.56. The summed E-state index contributed by atoms with van der Waals surface area (Å²) >= 11 is 3.34. The second-order valence-corrected chi connectivity index (χ2v) is 4.08. The lowest BCUT2D eigenvalue weighted by Gasteiger charge is -2.04. The third-order valence-corrected chi connectivity index (χ3v) is 2.55. The van der Waals surface area contributed by atoms with Crippen molar-refractivity contribution in [2.45, 2.75) is 13.5 Å². The summed E-state index contributed by atoms with van der Waals surface area (Å²) in [6.45, 7) is 2.70. The van der Waals surface area contributed by atoms with Gasteiger partial charge in [-0.1, -0.05) is 5.16 Å². The number of amides is 1. The zero-order valence-corrected chi connectivity index (χ0v) is 10.2. The van der Waals surface area contributed by atoms with Gasteiger partial charge in [-0.05, 0) is 28.9 Å². The molecule has 0 unspecified atom stereocenters. The molecule has 0 saturated heterocycles. The topological polar surface area (TPSA) is 60.1 Å². The van der Waals surface area contributed by atoms with Crippen molar-refractivity contribution in [3.63, 3.8) is 0 Å². The molecule has 0 spiro atoms. The summed E-state index contributed by atoms with van der Waals surface area (Å²) in [4.78, 5) is 11.9. The molecule has 0 aliphatic heterocycles. The Kier molecular flexibility index (Phi) is 3.09. The van der Waals surface area contributed by atoms with Gasteiger partial charge in [0.1, 0.15) is 12.0 Å². The van der Waals surface area contributed by atoms with E-state index in [1.807, 2.05) is 17.7 Å².